The Bertz CT molecular complexity index is 245. The highest BCUT2D eigenvalue weighted by atomic mass is 16.5. The van der Waals surface area contributed by atoms with Crippen LogP contribution in [0.25, 0.3) is 0 Å². The van der Waals surface area contributed by atoms with Crippen molar-refractivity contribution in [2.45, 2.75) is 6.92 Å². The monoisotopic (exact) mass is 185 g/mol. The predicted octanol–water partition coefficient (Wildman–Crippen LogP) is -0.315. The third-order valence-corrected chi connectivity index (χ3v) is 1.07. The minimum absolute atomic E-state index is 0.0734. The van der Waals surface area contributed by atoms with Gasteiger partial charge in [-0.25, -0.2) is 0 Å². The molecule has 0 aliphatic heterocycles. The van der Waals surface area contributed by atoms with Gasteiger partial charge in [0.1, 0.15) is 13.0 Å². The highest BCUT2D eigenvalue weighted by Gasteiger charge is 2.04. The summed E-state index contributed by atoms with van der Waals surface area (Å²) in [6.45, 7) is 4.07. The molecule has 0 unspecified atom stereocenters. The number of hydrogen-bond donors (Lipinski definition) is 2. The summed E-state index contributed by atoms with van der Waals surface area (Å²) >= 11 is 0. The van der Waals surface area contributed by atoms with E-state index >= 15 is 0 Å². The smallest absolute Gasteiger partial charge is 0.307 e. The Morgan fingerprint density at radius 2 is 2.23 bits per heavy atom. The third-order valence-electron chi connectivity index (χ3n) is 1.07. The first-order valence-electron chi connectivity index (χ1n) is 3.50. The van der Waals surface area contributed by atoms with E-state index in [2.05, 4.69) is 16.6 Å². The van der Waals surface area contributed by atoms with Gasteiger partial charge in [0, 0.05) is 6.92 Å². The van der Waals surface area contributed by atoms with Gasteiger partial charge in [-0.2, -0.15) is 0 Å². The summed E-state index contributed by atoms with van der Waals surface area (Å²) in [5, 5.41) is 10.5. The average molecular weight is 185 g/mol. The fourth-order valence-corrected chi connectivity index (χ4v) is 0.515. The van der Waals surface area contributed by atoms with Crippen molar-refractivity contribution < 1.29 is 19.4 Å². The number of nitrogens with one attached hydrogen (secondary N) is 1. The molecule has 13 heavy (non-hydrogen) atoms. The van der Waals surface area contributed by atoms with Crippen LogP contribution in [0.3, 0.4) is 0 Å². The number of aliphatic hydroxyl groups is 1. The molecule has 0 spiro atoms. The second-order valence-corrected chi connectivity index (χ2v) is 2.05. The lowest BCUT2D eigenvalue weighted by molar-refractivity contribution is -0.135. The molecule has 5 heteroatoms. The van der Waals surface area contributed by atoms with E-state index in [1.165, 1.54) is 13.0 Å². The lowest BCUT2D eigenvalue weighted by Gasteiger charge is -2.01. The molecule has 0 aliphatic rings. The summed E-state index contributed by atoms with van der Waals surface area (Å²) in [7, 11) is 0. The van der Waals surface area contributed by atoms with Crippen LogP contribution in [0, 0.1) is 0 Å². The SMILES string of the molecule is C=C/C(=C\OC(C)=O)C(=O)NCO. The predicted molar refractivity (Wildman–Crippen MR) is 45.3 cm³/mol. The average Bonchev–Trinajstić information content (AvgIpc) is 2.05. The van der Waals surface area contributed by atoms with Gasteiger partial charge in [-0.3, -0.25) is 9.59 Å². The van der Waals surface area contributed by atoms with Gasteiger partial charge < -0.3 is 15.2 Å². The fraction of sp³-hybridized carbons (Fsp3) is 0.250. The van der Waals surface area contributed by atoms with E-state index in [1.807, 2.05) is 0 Å². The molecule has 1 amide bonds. The molecule has 0 aromatic rings. The normalized spacial score (nSPS) is 10.5. The van der Waals surface area contributed by atoms with Gasteiger partial charge in [0.25, 0.3) is 5.91 Å². The Hall–Kier alpha value is -1.62. The number of hydrogen-bond acceptors (Lipinski definition) is 4. The standard InChI is InChI=1S/C8H11NO4/c1-3-7(4-13-6(2)11)8(12)9-5-10/h3-4,10H,1,5H2,2H3,(H,9,12)/b7-4+. The summed E-state index contributed by atoms with van der Waals surface area (Å²) in [5.41, 5.74) is 0.0734. The molecule has 0 saturated heterocycles. The quantitative estimate of drug-likeness (QED) is 0.207. The Morgan fingerprint density at radius 3 is 2.62 bits per heavy atom. The third kappa shape index (κ3) is 4.76. The van der Waals surface area contributed by atoms with E-state index in [-0.39, 0.29) is 5.57 Å². The van der Waals surface area contributed by atoms with Gasteiger partial charge in [0.15, 0.2) is 0 Å². The highest BCUT2D eigenvalue weighted by molar-refractivity contribution is 5.95. The van der Waals surface area contributed by atoms with Crippen LogP contribution < -0.4 is 5.32 Å². The van der Waals surface area contributed by atoms with E-state index in [0.29, 0.717) is 0 Å². The molecule has 0 saturated carbocycles. The Kier molecular flexibility index (Phi) is 5.22. The van der Waals surface area contributed by atoms with Crippen molar-refractivity contribution in [2.24, 2.45) is 0 Å². The van der Waals surface area contributed by atoms with Crippen LogP contribution in [0.4, 0.5) is 0 Å². The van der Waals surface area contributed by atoms with E-state index in [4.69, 9.17) is 5.11 Å². The summed E-state index contributed by atoms with van der Waals surface area (Å²) in [6.07, 6.45) is 2.19. The van der Waals surface area contributed by atoms with Crippen molar-refractivity contribution in [1.82, 2.24) is 5.32 Å². The van der Waals surface area contributed by atoms with Gasteiger partial charge in [0.05, 0.1) is 5.57 Å². The Balaban J connectivity index is 4.31. The zero-order chi connectivity index (χ0) is 10.3. The maximum atomic E-state index is 11.0. The number of amides is 1. The minimum atomic E-state index is -0.557. The maximum Gasteiger partial charge on any atom is 0.307 e. The van der Waals surface area contributed by atoms with Gasteiger partial charge in [0.2, 0.25) is 0 Å². The topological polar surface area (TPSA) is 75.6 Å². The van der Waals surface area contributed by atoms with Crippen LogP contribution in [0.5, 0.6) is 0 Å². The first kappa shape index (κ1) is 11.4. The van der Waals surface area contributed by atoms with Crippen LogP contribution in [0.15, 0.2) is 24.5 Å². The van der Waals surface area contributed by atoms with Crippen molar-refractivity contribution in [1.29, 1.82) is 0 Å². The minimum Gasteiger partial charge on any atom is -0.434 e. The van der Waals surface area contributed by atoms with Crippen molar-refractivity contribution in [3.63, 3.8) is 0 Å². The summed E-state index contributed by atoms with van der Waals surface area (Å²) in [4.78, 5) is 21.3. The van der Waals surface area contributed by atoms with E-state index < -0.39 is 18.6 Å². The molecule has 0 aliphatic carbocycles. The van der Waals surface area contributed by atoms with Gasteiger partial charge in [-0.1, -0.05) is 12.7 Å². The Morgan fingerprint density at radius 1 is 1.62 bits per heavy atom. The van der Waals surface area contributed by atoms with Crippen molar-refractivity contribution in [2.75, 3.05) is 6.73 Å². The molecule has 0 heterocycles. The van der Waals surface area contributed by atoms with E-state index in [9.17, 15) is 9.59 Å². The van der Waals surface area contributed by atoms with Crippen LogP contribution in [0.1, 0.15) is 6.92 Å². The van der Waals surface area contributed by atoms with Gasteiger partial charge >= 0.3 is 5.97 Å². The summed E-state index contributed by atoms with van der Waals surface area (Å²) in [6, 6.07) is 0. The summed E-state index contributed by atoms with van der Waals surface area (Å²) in [5.74, 6) is -1.09. The summed E-state index contributed by atoms with van der Waals surface area (Å²) < 4.78 is 4.45. The molecule has 0 aromatic heterocycles. The van der Waals surface area contributed by atoms with Crippen LogP contribution in [-0.4, -0.2) is 23.7 Å². The molecule has 2 N–H and O–H groups in total. The number of carbonyl (C=O) groups excluding carboxylic acids is 2. The largest absolute Gasteiger partial charge is 0.434 e. The first-order chi connectivity index (χ1) is 6.11. The maximum absolute atomic E-state index is 11.0. The van der Waals surface area contributed by atoms with E-state index in [0.717, 1.165) is 6.26 Å². The molecule has 0 radical (unpaired) electrons. The van der Waals surface area contributed by atoms with Crippen molar-refractivity contribution in [3.05, 3.63) is 24.5 Å². The van der Waals surface area contributed by atoms with E-state index in [1.54, 1.807) is 0 Å². The molecule has 0 atom stereocenters. The number of aliphatic hydroxyl groups excluding tert-OH is 1. The lowest BCUT2D eigenvalue weighted by Crippen LogP contribution is -2.25. The zero-order valence-corrected chi connectivity index (χ0v) is 7.24. The molecule has 5 nitrogen and oxygen atoms in total. The molecular formula is C8H11NO4. The number of carbonyl (C=O) groups is 2. The lowest BCUT2D eigenvalue weighted by atomic mass is 10.3. The zero-order valence-electron chi connectivity index (χ0n) is 7.24. The molecule has 0 aromatic carbocycles. The van der Waals surface area contributed by atoms with Crippen molar-refractivity contribution >= 4 is 11.9 Å². The molecule has 0 rings (SSSR count). The molecular weight excluding hydrogens is 174 g/mol. The fourth-order valence-electron chi connectivity index (χ4n) is 0.515. The van der Waals surface area contributed by atoms with Crippen molar-refractivity contribution in [3.8, 4) is 0 Å². The highest BCUT2D eigenvalue weighted by Crippen LogP contribution is 1.96. The second kappa shape index (κ2) is 5.96. The molecule has 0 bridgehead atoms. The second-order valence-electron chi connectivity index (χ2n) is 2.05. The number of ether oxygens (including phenoxy) is 1. The van der Waals surface area contributed by atoms with Gasteiger partial charge in [-0.05, 0) is 0 Å². The first-order valence-corrected chi connectivity index (χ1v) is 3.50. The molecule has 0 fully saturated rings. The van der Waals surface area contributed by atoms with Crippen LogP contribution in [0.2, 0.25) is 0 Å². The Labute approximate surface area is 75.7 Å². The van der Waals surface area contributed by atoms with Gasteiger partial charge in [-0.15, -0.1) is 0 Å². The number of esters is 1. The van der Waals surface area contributed by atoms with Crippen LogP contribution in [-0.2, 0) is 14.3 Å². The molecule has 72 valence electrons. The number of rotatable bonds is 4. The van der Waals surface area contributed by atoms with Crippen LogP contribution >= 0.6 is 0 Å².